The zero-order valence-electron chi connectivity index (χ0n) is 27.7. The van der Waals surface area contributed by atoms with Crippen LogP contribution in [0.3, 0.4) is 0 Å². The number of carbonyl (C=O) groups is 1. The Morgan fingerprint density at radius 2 is 1.43 bits per heavy atom. The molecule has 17 nitrogen and oxygen atoms in total. The molecule has 0 radical (unpaired) electrons. The normalized spacial score (nSPS) is 28.9. The minimum Gasteiger partial charge on any atom is -0.508 e. The van der Waals surface area contributed by atoms with Gasteiger partial charge in [0.25, 0.3) is 0 Å². The second kappa shape index (κ2) is 15.4. The number of esters is 1. The number of carbonyl (C=O) groups excluding carboxylic acids is 1. The molecule has 10 atom stereocenters. The Hall–Kier alpha value is -5.24. The second-order valence-corrected chi connectivity index (χ2v) is 12.5. The van der Waals surface area contributed by atoms with Crippen molar-refractivity contribution in [2.24, 2.45) is 0 Å². The summed E-state index contributed by atoms with van der Waals surface area (Å²) in [5, 5.41) is 92.7. The topological polar surface area (TPSA) is 275 Å². The summed E-state index contributed by atoms with van der Waals surface area (Å²) < 4.78 is 34.4. The number of phenolic OH excluding ortho intramolecular Hbond substituents is 4. The van der Waals surface area contributed by atoms with Crippen molar-refractivity contribution in [3.05, 3.63) is 82.5 Å². The number of fused-ring (bicyclic) bond motifs is 1. The summed E-state index contributed by atoms with van der Waals surface area (Å²) in [6.07, 6.45) is -14.1. The molecule has 0 spiro atoms. The summed E-state index contributed by atoms with van der Waals surface area (Å²) in [6, 6.07) is 13.0. The Balaban J connectivity index is 1.36. The first-order valence-corrected chi connectivity index (χ1v) is 16.2. The van der Waals surface area contributed by atoms with E-state index in [1.807, 2.05) is 0 Å². The summed E-state index contributed by atoms with van der Waals surface area (Å²) in [5.74, 6) is -3.27. The average Bonchev–Trinajstić information content (AvgIpc) is 3.12. The van der Waals surface area contributed by atoms with E-state index in [0.29, 0.717) is 5.56 Å². The van der Waals surface area contributed by atoms with E-state index < -0.39 is 102 Å². The van der Waals surface area contributed by atoms with Crippen LogP contribution >= 0.6 is 0 Å². The van der Waals surface area contributed by atoms with Crippen molar-refractivity contribution in [3.8, 4) is 40.1 Å². The van der Waals surface area contributed by atoms with E-state index in [-0.39, 0.29) is 28.4 Å². The van der Waals surface area contributed by atoms with Crippen molar-refractivity contribution in [3.63, 3.8) is 0 Å². The third kappa shape index (κ3) is 7.92. The summed E-state index contributed by atoms with van der Waals surface area (Å²) in [6.45, 7) is 0.776. The fourth-order valence-electron chi connectivity index (χ4n) is 5.82. The molecule has 53 heavy (non-hydrogen) atoms. The molecule has 2 saturated heterocycles. The van der Waals surface area contributed by atoms with Crippen LogP contribution in [0.5, 0.6) is 28.7 Å². The number of aliphatic hydroxyl groups is 5. The monoisotopic (exact) mass is 740 g/mol. The predicted octanol–water partition coefficient (Wildman–Crippen LogP) is 0.577. The zero-order chi connectivity index (χ0) is 38.1. The van der Waals surface area contributed by atoms with Gasteiger partial charge in [0.05, 0.1) is 12.7 Å². The number of benzene rings is 3. The highest BCUT2D eigenvalue weighted by molar-refractivity contribution is 5.88. The summed E-state index contributed by atoms with van der Waals surface area (Å²) in [7, 11) is 0. The first kappa shape index (κ1) is 37.5. The van der Waals surface area contributed by atoms with E-state index in [4.69, 9.17) is 28.1 Å². The Morgan fingerprint density at radius 3 is 2.11 bits per heavy atom. The molecular weight excluding hydrogens is 704 g/mol. The number of rotatable bonds is 9. The fourth-order valence-corrected chi connectivity index (χ4v) is 5.82. The molecule has 282 valence electrons. The van der Waals surface area contributed by atoms with E-state index in [1.165, 1.54) is 61.5 Å². The molecule has 0 saturated carbocycles. The van der Waals surface area contributed by atoms with Crippen LogP contribution in [0, 0.1) is 0 Å². The lowest BCUT2D eigenvalue weighted by molar-refractivity contribution is -0.319. The van der Waals surface area contributed by atoms with Crippen LogP contribution in [-0.2, 0) is 23.7 Å². The smallest absolute Gasteiger partial charge is 0.331 e. The van der Waals surface area contributed by atoms with Crippen LogP contribution in [-0.4, -0.2) is 120 Å². The maximum absolute atomic E-state index is 14.0. The van der Waals surface area contributed by atoms with Gasteiger partial charge in [0.2, 0.25) is 17.5 Å². The number of hydrogen-bond acceptors (Lipinski definition) is 17. The first-order chi connectivity index (χ1) is 25.2. The molecule has 0 aliphatic carbocycles. The Morgan fingerprint density at radius 1 is 0.774 bits per heavy atom. The summed E-state index contributed by atoms with van der Waals surface area (Å²) in [5.41, 5.74) is -0.618. The van der Waals surface area contributed by atoms with Crippen LogP contribution in [0.4, 0.5) is 0 Å². The molecule has 1 aromatic heterocycles. The molecule has 2 aliphatic rings. The van der Waals surface area contributed by atoms with Gasteiger partial charge in [0, 0.05) is 23.8 Å². The van der Waals surface area contributed by atoms with Gasteiger partial charge in [-0.05, 0) is 55.0 Å². The van der Waals surface area contributed by atoms with Gasteiger partial charge in [-0.15, -0.1) is 0 Å². The Kier molecular flexibility index (Phi) is 10.9. The first-order valence-electron chi connectivity index (χ1n) is 16.2. The van der Waals surface area contributed by atoms with E-state index in [9.17, 15) is 55.5 Å². The largest absolute Gasteiger partial charge is 0.508 e. The molecule has 9 N–H and O–H groups in total. The SMILES string of the molecule is CC1OC(OCC2OC(Oc3c(-c4ccc(O)cc4)oc4cc(O)cc(O)c4c3=O)C(OC(=O)/C=C/c3ccc(O)cc3)C(O)C2O)C(O)C(O)C1O. The van der Waals surface area contributed by atoms with Crippen LogP contribution in [0.1, 0.15) is 12.5 Å². The molecule has 4 aromatic rings. The lowest BCUT2D eigenvalue weighted by atomic mass is 9.98. The number of aromatic hydroxyl groups is 4. The second-order valence-electron chi connectivity index (χ2n) is 12.5. The molecular formula is C36H36O17. The molecule has 3 aromatic carbocycles. The number of aliphatic hydroxyl groups excluding tert-OH is 5. The minimum absolute atomic E-state index is 0.0116. The maximum atomic E-state index is 14.0. The summed E-state index contributed by atoms with van der Waals surface area (Å²) >= 11 is 0. The molecule has 2 aliphatic heterocycles. The third-order valence-corrected chi connectivity index (χ3v) is 8.72. The van der Waals surface area contributed by atoms with Gasteiger partial charge in [-0.3, -0.25) is 4.79 Å². The lowest BCUT2D eigenvalue weighted by Crippen LogP contribution is -2.62. The van der Waals surface area contributed by atoms with E-state index in [0.717, 1.165) is 18.2 Å². The molecule has 6 rings (SSSR count). The van der Waals surface area contributed by atoms with Gasteiger partial charge in [0.15, 0.2) is 18.2 Å². The Bertz CT molecular complexity index is 2010. The minimum atomic E-state index is -1.98. The fraction of sp³-hybridized carbons (Fsp3) is 0.333. The van der Waals surface area contributed by atoms with E-state index >= 15 is 0 Å². The van der Waals surface area contributed by atoms with Crippen molar-refractivity contribution in [1.82, 2.24) is 0 Å². The standard InChI is InChI=1S/C36H36O17/c1-15-26(42)29(45)31(47)35(49-15)48-14-23-27(43)30(46)34(52-24(41)11-4-16-2-7-18(37)8-3-16)36(51-23)53-33-28(44)25-21(40)12-20(39)13-22(25)50-32(33)17-5-9-19(38)10-6-17/h2-13,15,23,26-27,29-31,34-40,42-43,45-47H,14H2,1H3/b11-4+. The average molecular weight is 741 g/mol. The van der Waals surface area contributed by atoms with Gasteiger partial charge < -0.3 is 74.1 Å². The molecule has 10 unspecified atom stereocenters. The molecule has 2 fully saturated rings. The highest BCUT2D eigenvalue weighted by atomic mass is 16.7. The van der Waals surface area contributed by atoms with Crippen molar-refractivity contribution in [1.29, 1.82) is 0 Å². The van der Waals surface area contributed by atoms with Crippen molar-refractivity contribution in [2.45, 2.75) is 68.3 Å². The van der Waals surface area contributed by atoms with Gasteiger partial charge in [-0.2, -0.15) is 0 Å². The van der Waals surface area contributed by atoms with Crippen LogP contribution in [0.25, 0.3) is 28.4 Å². The molecule has 0 amide bonds. The highest BCUT2D eigenvalue weighted by Gasteiger charge is 2.50. The Labute approximate surface area is 299 Å². The lowest BCUT2D eigenvalue weighted by Gasteiger charge is -2.43. The summed E-state index contributed by atoms with van der Waals surface area (Å²) in [4.78, 5) is 27.0. The zero-order valence-corrected chi connectivity index (χ0v) is 27.7. The quantitative estimate of drug-likeness (QED) is 0.0838. The van der Waals surface area contributed by atoms with Gasteiger partial charge in [-0.1, -0.05) is 12.1 Å². The van der Waals surface area contributed by atoms with Crippen molar-refractivity contribution >= 4 is 23.0 Å². The van der Waals surface area contributed by atoms with Gasteiger partial charge in [0.1, 0.15) is 70.6 Å². The molecule has 0 bridgehead atoms. The third-order valence-electron chi connectivity index (χ3n) is 8.72. The van der Waals surface area contributed by atoms with Gasteiger partial charge >= 0.3 is 5.97 Å². The number of hydrogen-bond donors (Lipinski definition) is 9. The van der Waals surface area contributed by atoms with Gasteiger partial charge in [-0.25, -0.2) is 4.79 Å². The van der Waals surface area contributed by atoms with E-state index in [2.05, 4.69) is 0 Å². The van der Waals surface area contributed by atoms with Crippen LogP contribution in [0.2, 0.25) is 0 Å². The number of phenols is 4. The molecule has 3 heterocycles. The predicted molar refractivity (Wildman–Crippen MR) is 180 cm³/mol. The highest BCUT2D eigenvalue weighted by Crippen LogP contribution is 2.38. The van der Waals surface area contributed by atoms with Crippen LogP contribution in [0.15, 0.2) is 76.0 Å². The van der Waals surface area contributed by atoms with E-state index in [1.54, 1.807) is 0 Å². The van der Waals surface area contributed by atoms with Crippen molar-refractivity contribution < 1.29 is 78.9 Å². The molecule has 17 heteroatoms. The van der Waals surface area contributed by atoms with Crippen molar-refractivity contribution in [2.75, 3.05) is 6.61 Å². The van der Waals surface area contributed by atoms with Crippen LogP contribution < -0.4 is 10.2 Å². The maximum Gasteiger partial charge on any atom is 0.331 e. The number of ether oxygens (including phenoxy) is 5.